The molecule has 0 saturated heterocycles. The van der Waals surface area contributed by atoms with Gasteiger partial charge >= 0.3 is 0 Å². The van der Waals surface area contributed by atoms with Crippen LogP contribution < -0.4 is 5.73 Å². The van der Waals surface area contributed by atoms with Crippen LogP contribution in [0.5, 0.6) is 0 Å². The minimum Gasteiger partial charge on any atom is -0.325 e. The number of pyridine rings is 1. The van der Waals surface area contributed by atoms with E-state index in [0.717, 1.165) is 0 Å². The summed E-state index contributed by atoms with van der Waals surface area (Å²) in [6.07, 6.45) is 3.31. The Morgan fingerprint density at radius 1 is 1.58 bits per heavy atom. The second-order valence-corrected chi connectivity index (χ2v) is 3.63. The average Bonchev–Trinajstić information content (AvgIpc) is 1.91. The van der Waals surface area contributed by atoms with Gasteiger partial charge in [0.1, 0.15) is 5.82 Å². The lowest BCUT2D eigenvalue weighted by Gasteiger charge is -2.18. The highest BCUT2D eigenvalue weighted by atomic mass is 19.1. The van der Waals surface area contributed by atoms with Crippen molar-refractivity contribution in [1.29, 1.82) is 0 Å². The summed E-state index contributed by atoms with van der Waals surface area (Å²) >= 11 is 0. The van der Waals surface area contributed by atoms with Gasteiger partial charge < -0.3 is 5.73 Å². The quantitative estimate of drug-likeness (QED) is 0.726. The zero-order valence-electron chi connectivity index (χ0n) is 7.34. The normalized spacial score (nSPS) is 11.7. The zero-order valence-corrected chi connectivity index (χ0v) is 7.34. The number of rotatable bonds is 2. The van der Waals surface area contributed by atoms with Crippen LogP contribution >= 0.6 is 0 Å². The third kappa shape index (κ3) is 2.58. The fourth-order valence-electron chi connectivity index (χ4n) is 1.04. The van der Waals surface area contributed by atoms with Crippen molar-refractivity contribution >= 4 is 0 Å². The molecule has 0 spiro atoms. The number of aromatic nitrogens is 1. The van der Waals surface area contributed by atoms with Gasteiger partial charge in [0.25, 0.3) is 0 Å². The third-order valence-corrected chi connectivity index (χ3v) is 1.50. The highest BCUT2D eigenvalue weighted by Crippen LogP contribution is 2.11. The Kier molecular flexibility index (Phi) is 2.43. The van der Waals surface area contributed by atoms with Crippen LogP contribution in [-0.2, 0) is 6.42 Å². The summed E-state index contributed by atoms with van der Waals surface area (Å²) in [6, 6.07) is 1.66. The van der Waals surface area contributed by atoms with Gasteiger partial charge in [-0.05, 0) is 31.9 Å². The smallest absolute Gasteiger partial charge is 0.144 e. The largest absolute Gasteiger partial charge is 0.325 e. The van der Waals surface area contributed by atoms with Gasteiger partial charge in [-0.1, -0.05) is 0 Å². The first-order valence-electron chi connectivity index (χ1n) is 3.86. The van der Waals surface area contributed by atoms with E-state index in [1.807, 2.05) is 13.8 Å². The van der Waals surface area contributed by atoms with E-state index < -0.39 is 0 Å². The van der Waals surface area contributed by atoms with E-state index in [1.165, 1.54) is 6.20 Å². The van der Waals surface area contributed by atoms with E-state index in [9.17, 15) is 4.39 Å². The molecule has 12 heavy (non-hydrogen) atoms. The topological polar surface area (TPSA) is 38.9 Å². The summed E-state index contributed by atoms with van der Waals surface area (Å²) in [5.41, 5.74) is 6.00. The van der Waals surface area contributed by atoms with Gasteiger partial charge in [0.2, 0.25) is 0 Å². The van der Waals surface area contributed by atoms with E-state index in [4.69, 9.17) is 5.73 Å². The van der Waals surface area contributed by atoms with Crippen LogP contribution in [0.25, 0.3) is 0 Å². The van der Waals surface area contributed by atoms with E-state index in [1.54, 1.807) is 12.3 Å². The van der Waals surface area contributed by atoms with E-state index in [-0.39, 0.29) is 11.4 Å². The highest BCUT2D eigenvalue weighted by Gasteiger charge is 2.13. The Morgan fingerprint density at radius 2 is 2.25 bits per heavy atom. The molecule has 1 heterocycles. The Morgan fingerprint density at radius 3 is 2.75 bits per heavy atom. The molecule has 3 heteroatoms. The molecule has 0 amide bonds. The summed E-state index contributed by atoms with van der Waals surface area (Å²) < 4.78 is 13.0. The maximum absolute atomic E-state index is 13.0. The van der Waals surface area contributed by atoms with Gasteiger partial charge in [-0.2, -0.15) is 0 Å². The van der Waals surface area contributed by atoms with Crippen molar-refractivity contribution in [3.8, 4) is 0 Å². The minimum absolute atomic E-state index is 0.281. The van der Waals surface area contributed by atoms with Crippen molar-refractivity contribution in [3.63, 3.8) is 0 Å². The number of hydrogen-bond donors (Lipinski definition) is 1. The lowest BCUT2D eigenvalue weighted by Crippen LogP contribution is -2.34. The summed E-state index contributed by atoms with van der Waals surface area (Å²) in [6.45, 7) is 3.74. The third-order valence-electron chi connectivity index (χ3n) is 1.50. The van der Waals surface area contributed by atoms with Crippen molar-refractivity contribution in [2.24, 2.45) is 5.73 Å². The maximum Gasteiger partial charge on any atom is 0.144 e. The Balaban J connectivity index is 2.83. The molecule has 0 fully saturated rings. The average molecular weight is 168 g/mol. The van der Waals surface area contributed by atoms with Crippen LogP contribution in [0.1, 0.15) is 19.4 Å². The van der Waals surface area contributed by atoms with E-state index in [0.29, 0.717) is 12.0 Å². The molecular formula is C9H13FN2. The monoisotopic (exact) mass is 168 g/mol. The van der Waals surface area contributed by atoms with Gasteiger partial charge in [-0.25, -0.2) is 4.39 Å². The van der Waals surface area contributed by atoms with Crippen molar-refractivity contribution in [3.05, 3.63) is 29.8 Å². The summed E-state index contributed by atoms with van der Waals surface area (Å²) in [7, 11) is 0. The maximum atomic E-state index is 13.0. The van der Waals surface area contributed by atoms with Gasteiger partial charge in [-0.3, -0.25) is 4.98 Å². The molecule has 66 valence electrons. The first kappa shape index (κ1) is 9.13. The van der Waals surface area contributed by atoms with Crippen molar-refractivity contribution < 1.29 is 4.39 Å². The van der Waals surface area contributed by atoms with Crippen LogP contribution in [0.3, 0.4) is 0 Å². The SMILES string of the molecule is CC(C)(N)Cc1ccncc1F. The van der Waals surface area contributed by atoms with Crippen molar-refractivity contribution in [2.75, 3.05) is 0 Å². The number of nitrogens with zero attached hydrogens (tertiary/aromatic N) is 1. The molecule has 0 aliphatic carbocycles. The lowest BCUT2D eigenvalue weighted by atomic mass is 9.97. The van der Waals surface area contributed by atoms with E-state index >= 15 is 0 Å². The van der Waals surface area contributed by atoms with Crippen LogP contribution in [-0.4, -0.2) is 10.5 Å². The predicted octanol–water partition coefficient (Wildman–Crippen LogP) is 1.50. The molecule has 1 aromatic heterocycles. The van der Waals surface area contributed by atoms with Crippen molar-refractivity contribution in [2.45, 2.75) is 25.8 Å². The summed E-state index contributed by atoms with van der Waals surface area (Å²) in [5, 5.41) is 0. The second kappa shape index (κ2) is 3.19. The molecule has 0 aliphatic rings. The molecule has 2 N–H and O–H groups in total. The van der Waals surface area contributed by atoms with Crippen LogP contribution in [0.15, 0.2) is 18.5 Å². The summed E-state index contributed by atoms with van der Waals surface area (Å²) in [5.74, 6) is -0.281. The first-order chi connectivity index (χ1) is 5.49. The molecule has 0 bridgehead atoms. The fourth-order valence-corrected chi connectivity index (χ4v) is 1.04. The van der Waals surface area contributed by atoms with Crippen molar-refractivity contribution in [1.82, 2.24) is 4.98 Å². The molecular weight excluding hydrogens is 155 g/mol. The second-order valence-electron chi connectivity index (χ2n) is 3.63. The molecule has 0 unspecified atom stereocenters. The number of hydrogen-bond acceptors (Lipinski definition) is 2. The zero-order chi connectivity index (χ0) is 9.19. The van der Waals surface area contributed by atoms with Gasteiger partial charge in [0, 0.05) is 11.7 Å². The number of halogens is 1. The van der Waals surface area contributed by atoms with Crippen LogP contribution in [0, 0.1) is 5.82 Å². The number of nitrogens with two attached hydrogens (primary N) is 1. The molecule has 2 nitrogen and oxygen atoms in total. The Hall–Kier alpha value is -0.960. The van der Waals surface area contributed by atoms with Gasteiger partial charge in [0.15, 0.2) is 0 Å². The first-order valence-corrected chi connectivity index (χ1v) is 3.86. The highest BCUT2D eigenvalue weighted by molar-refractivity contribution is 5.15. The molecule has 0 radical (unpaired) electrons. The van der Waals surface area contributed by atoms with E-state index in [2.05, 4.69) is 4.98 Å². The molecule has 0 atom stereocenters. The van der Waals surface area contributed by atoms with Crippen LogP contribution in [0.4, 0.5) is 4.39 Å². The van der Waals surface area contributed by atoms with Gasteiger partial charge in [-0.15, -0.1) is 0 Å². The van der Waals surface area contributed by atoms with Gasteiger partial charge in [0.05, 0.1) is 6.20 Å². The summed E-state index contributed by atoms with van der Waals surface area (Å²) in [4.78, 5) is 3.66. The lowest BCUT2D eigenvalue weighted by molar-refractivity contribution is 0.495. The minimum atomic E-state index is -0.373. The predicted molar refractivity (Wildman–Crippen MR) is 46.2 cm³/mol. The standard InChI is InChI=1S/C9H13FN2/c1-9(2,11)5-7-3-4-12-6-8(7)10/h3-4,6H,5,11H2,1-2H3. The fraction of sp³-hybridized carbons (Fsp3) is 0.444. The molecule has 1 rings (SSSR count). The Bertz CT molecular complexity index is 265. The molecule has 0 aromatic carbocycles. The molecule has 0 saturated carbocycles. The molecule has 0 aliphatic heterocycles. The van der Waals surface area contributed by atoms with Crippen LogP contribution in [0.2, 0.25) is 0 Å². The molecule has 1 aromatic rings. The Labute approximate surface area is 71.6 Å².